The first-order valence-corrected chi connectivity index (χ1v) is 17.6. The van der Waals surface area contributed by atoms with E-state index >= 15 is 0 Å². The number of rotatable bonds is 16. The fourth-order valence-corrected chi connectivity index (χ4v) is 6.87. The Morgan fingerprint density at radius 1 is 0.959 bits per heavy atom. The third kappa shape index (κ3) is 11.4. The van der Waals surface area contributed by atoms with Crippen LogP contribution in [0.4, 0.5) is 5.82 Å². The van der Waals surface area contributed by atoms with Gasteiger partial charge in [0.15, 0.2) is 0 Å². The van der Waals surface area contributed by atoms with Crippen LogP contribution in [0, 0.1) is 6.92 Å². The van der Waals surface area contributed by atoms with Gasteiger partial charge in [-0.3, -0.25) is 18.9 Å². The van der Waals surface area contributed by atoms with Crippen molar-refractivity contribution in [3.8, 4) is 5.75 Å². The lowest BCUT2D eigenvalue weighted by Crippen LogP contribution is -2.39. The van der Waals surface area contributed by atoms with Gasteiger partial charge in [0.05, 0.1) is 13.7 Å². The molecule has 0 radical (unpaired) electrons. The van der Waals surface area contributed by atoms with Crippen molar-refractivity contribution in [2.75, 3.05) is 19.5 Å². The Morgan fingerprint density at radius 3 is 2.22 bits per heavy atom. The average molecular weight is 704 g/mol. The van der Waals surface area contributed by atoms with Crippen molar-refractivity contribution >= 4 is 42.3 Å². The first-order chi connectivity index (χ1) is 23.6. The lowest BCUT2D eigenvalue weighted by Gasteiger charge is -2.24. The van der Waals surface area contributed by atoms with E-state index in [-0.39, 0.29) is 48.2 Å². The zero-order chi connectivity index (χ0) is 35.2. The number of ether oxygens (including phenoxy) is 1. The number of nitrogen functional groups attached to an aromatic ring is 1. The molecule has 0 spiro atoms. The van der Waals surface area contributed by atoms with Crippen LogP contribution in [0.3, 0.4) is 0 Å². The number of hydrogen-bond donors (Lipinski definition) is 3. The number of nitrogens with one attached hydrogen (secondary N) is 2. The van der Waals surface area contributed by atoms with E-state index in [0.717, 1.165) is 17.3 Å². The molecule has 0 aliphatic rings. The van der Waals surface area contributed by atoms with Gasteiger partial charge in [-0.2, -0.15) is 5.09 Å². The van der Waals surface area contributed by atoms with Gasteiger partial charge < -0.3 is 20.3 Å². The van der Waals surface area contributed by atoms with Crippen LogP contribution < -0.4 is 20.7 Å². The van der Waals surface area contributed by atoms with Gasteiger partial charge in [-0.1, -0.05) is 90.6 Å². The van der Waals surface area contributed by atoms with Crippen molar-refractivity contribution in [1.29, 1.82) is 0 Å². The number of methoxy groups -OCH3 is 1. The Hall–Kier alpha value is -4.81. The maximum atomic E-state index is 14.3. The number of thioether (sulfide) groups is 1. The minimum Gasteiger partial charge on any atom is -0.468 e. The summed E-state index contributed by atoms with van der Waals surface area (Å²) in [5.41, 5.74) is 7.99. The quantitative estimate of drug-likeness (QED) is 0.0729. The van der Waals surface area contributed by atoms with Crippen molar-refractivity contribution in [1.82, 2.24) is 20.4 Å². The highest BCUT2D eigenvalue weighted by Crippen LogP contribution is 2.46. The first kappa shape index (κ1) is 37.0. The van der Waals surface area contributed by atoms with E-state index in [4.69, 9.17) is 19.5 Å². The Morgan fingerprint density at radius 2 is 1.59 bits per heavy atom. The fraction of sp³-hybridized carbons (Fsp3) is 0.229. The van der Waals surface area contributed by atoms with Crippen LogP contribution in [0.2, 0.25) is 0 Å². The molecule has 0 bridgehead atoms. The van der Waals surface area contributed by atoms with E-state index < -0.39 is 25.7 Å². The number of benzene rings is 3. The molecule has 1 heterocycles. The molecule has 3 aromatic carbocycles. The predicted octanol–water partition coefficient (Wildman–Crippen LogP) is 5.80. The highest BCUT2D eigenvalue weighted by molar-refractivity contribution is 8.17. The van der Waals surface area contributed by atoms with E-state index in [1.54, 1.807) is 74.5 Å². The normalized spacial score (nSPS) is 13.4. The minimum absolute atomic E-state index is 0.00364. The highest BCUT2D eigenvalue weighted by atomic mass is 32.2. The molecule has 0 fully saturated rings. The number of amides is 1. The van der Waals surface area contributed by atoms with Crippen LogP contribution in [0.25, 0.3) is 0 Å². The third-order valence-corrected chi connectivity index (χ3v) is 9.86. The Balaban J connectivity index is 1.57. The lowest BCUT2D eigenvalue weighted by atomic mass is 10.1. The van der Waals surface area contributed by atoms with Gasteiger partial charge in [-0.25, -0.2) is 14.5 Å². The topological polar surface area (TPSA) is 172 Å². The predicted molar refractivity (Wildman–Crippen MR) is 188 cm³/mol. The molecule has 0 aliphatic heterocycles. The van der Waals surface area contributed by atoms with Gasteiger partial charge in [0, 0.05) is 40.8 Å². The van der Waals surface area contributed by atoms with Crippen LogP contribution in [0.5, 0.6) is 5.75 Å². The smallest absolute Gasteiger partial charge is 0.459 e. The summed E-state index contributed by atoms with van der Waals surface area (Å²) < 4.78 is 31.0. The van der Waals surface area contributed by atoms with Gasteiger partial charge in [-0.15, -0.1) is 0 Å². The highest BCUT2D eigenvalue weighted by Gasteiger charge is 2.34. The number of carbonyl (C=O) groups excluding carboxylic acids is 3. The molecular formula is C35H38N5O7PS. The van der Waals surface area contributed by atoms with Crippen molar-refractivity contribution in [2.45, 2.75) is 39.3 Å². The Bertz CT molecular complexity index is 1810. The zero-order valence-electron chi connectivity index (χ0n) is 27.3. The Labute approximate surface area is 289 Å². The SMILES string of the molecule is COC(=O)[C@H](Cc1ccccc1)NP(=O)(OCC/C(SC(=O)c1ccccc1)=C(\C)C(=O)NCc1cnc(C)nc1N)Oc1ccccc1. The summed E-state index contributed by atoms with van der Waals surface area (Å²) >= 11 is 0.865. The van der Waals surface area contributed by atoms with E-state index in [0.29, 0.717) is 21.9 Å². The second-order valence-electron chi connectivity index (χ2n) is 10.7. The molecule has 12 nitrogen and oxygen atoms in total. The van der Waals surface area contributed by atoms with Gasteiger partial charge in [0.2, 0.25) is 11.0 Å². The number of hydrogen-bond acceptors (Lipinski definition) is 11. The Kier molecular flexibility index (Phi) is 13.7. The van der Waals surface area contributed by atoms with Crippen LogP contribution in [0.15, 0.2) is 108 Å². The summed E-state index contributed by atoms with van der Waals surface area (Å²) in [7, 11) is -3.03. The number of nitrogens with two attached hydrogens (primary N) is 1. The van der Waals surface area contributed by atoms with Gasteiger partial charge >= 0.3 is 13.7 Å². The number of para-hydroxylation sites is 1. The molecule has 0 saturated heterocycles. The van der Waals surface area contributed by atoms with E-state index in [9.17, 15) is 18.9 Å². The largest absolute Gasteiger partial charge is 0.468 e. The zero-order valence-corrected chi connectivity index (χ0v) is 29.0. The van der Waals surface area contributed by atoms with Crippen LogP contribution in [0.1, 0.15) is 40.7 Å². The van der Waals surface area contributed by atoms with E-state index in [2.05, 4.69) is 20.4 Å². The molecule has 0 saturated carbocycles. The number of anilines is 1. The summed E-state index contributed by atoms with van der Waals surface area (Å²) in [4.78, 5) is 48.0. The number of aryl methyl sites for hydroxylation is 1. The number of nitrogens with zero attached hydrogens (tertiary/aromatic N) is 2. The molecule has 14 heteroatoms. The molecule has 4 aromatic rings. The maximum Gasteiger partial charge on any atom is 0.459 e. The molecule has 1 aromatic heterocycles. The van der Waals surface area contributed by atoms with Gasteiger partial charge in [0.1, 0.15) is 23.4 Å². The van der Waals surface area contributed by atoms with Crippen molar-refractivity contribution in [3.05, 3.63) is 130 Å². The summed E-state index contributed by atoms with van der Waals surface area (Å²) in [6.45, 7) is 3.10. The monoisotopic (exact) mass is 703 g/mol. The van der Waals surface area contributed by atoms with Crippen LogP contribution in [-0.4, -0.2) is 46.7 Å². The van der Waals surface area contributed by atoms with Crippen molar-refractivity contribution in [3.63, 3.8) is 0 Å². The van der Waals surface area contributed by atoms with Crippen molar-refractivity contribution < 1.29 is 32.7 Å². The molecule has 256 valence electrons. The van der Waals surface area contributed by atoms with Crippen LogP contribution >= 0.6 is 19.5 Å². The molecule has 49 heavy (non-hydrogen) atoms. The second-order valence-corrected chi connectivity index (χ2v) is 13.5. The third-order valence-electron chi connectivity index (χ3n) is 7.08. The van der Waals surface area contributed by atoms with Crippen LogP contribution in [-0.2, 0) is 36.4 Å². The molecule has 1 unspecified atom stereocenters. The lowest BCUT2D eigenvalue weighted by molar-refractivity contribution is -0.142. The molecule has 2 atom stereocenters. The fourth-order valence-electron chi connectivity index (χ4n) is 4.48. The van der Waals surface area contributed by atoms with Crippen molar-refractivity contribution in [2.24, 2.45) is 0 Å². The second kappa shape index (κ2) is 18.1. The summed E-state index contributed by atoms with van der Waals surface area (Å²) in [5.74, 6) is -0.139. The minimum atomic E-state index is -4.26. The number of esters is 1. The molecule has 1 amide bonds. The van der Waals surface area contributed by atoms with Gasteiger partial charge in [-0.05, 0) is 38.0 Å². The summed E-state index contributed by atoms with van der Waals surface area (Å²) in [6.07, 6.45) is 1.68. The number of aromatic nitrogens is 2. The molecular weight excluding hydrogens is 665 g/mol. The first-order valence-electron chi connectivity index (χ1n) is 15.3. The molecule has 0 aliphatic carbocycles. The van der Waals surface area contributed by atoms with Gasteiger partial charge in [0.25, 0.3) is 0 Å². The summed E-state index contributed by atoms with van der Waals surface area (Å²) in [5, 5.41) is 5.26. The summed E-state index contributed by atoms with van der Waals surface area (Å²) in [6, 6.07) is 25.0. The van der Waals surface area contributed by atoms with E-state index in [1.165, 1.54) is 13.3 Å². The standard InChI is InChI=1S/C35H38N5O7PS/c1-24(33(41)38-23-28-22-37-25(2)39-32(28)36)31(49-35(43)27-15-9-5-10-16-27)19-20-46-48(44,47-29-17-11-6-12-18-29)40-30(34(42)45-3)21-26-13-7-4-8-14-26/h4-18,22,30H,19-21,23H2,1-3H3,(H,38,41)(H,40,44)(H2,36,37,39)/b31-24-/t30-,48?/m0/s1. The molecule has 4 N–H and O–H groups in total. The molecule has 4 rings (SSSR count). The average Bonchev–Trinajstić information content (AvgIpc) is 3.11. The van der Waals surface area contributed by atoms with E-state index in [1.807, 2.05) is 30.3 Å². The number of carbonyl (C=O) groups is 3. The maximum absolute atomic E-state index is 14.3.